The summed E-state index contributed by atoms with van der Waals surface area (Å²) in [5.41, 5.74) is 0.381. The smallest absolute Gasteiger partial charge is 0.348 e. The predicted octanol–water partition coefficient (Wildman–Crippen LogP) is 3.64. The topological polar surface area (TPSA) is 105 Å². The van der Waals surface area contributed by atoms with Crippen LogP contribution in [-0.2, 0) is 0 Å². The third-order valence-corrected chi connectivity index (χ3v) is 4.74. The van der Waals surface area contributed by atoms with Gasteiger partial charge in [0.25, 0.3) is 0 Å². The van der Waals surface area contributed by atoms with Crippen molar-refractivity contribution in [3.63, 3.8) is 0 Å². The zero-order chi connectivity index (χ0) is 19.7. The fraction of sp³-hybridized carbons (Fsp3) is 0.200. The van der Waals surface area contributed by atoms with Crippen molar-refractivity contribution in [3.8, 4) is 28.5 Å². The van der Waals surface area contributed by atoms with Gasteiger partial charge in [-0.1, -0.05) is 11.6 Å². The molecule has 1 aliphatic rings. The summed E-state index contributed by atoms with van der Waals surface area (Å²) in [5.74, 6) is 0.667. The van der Waals surface area contributed by atoms with Crippen LogP contribution in [0.4, 0.5) is 0 Å². The minimum Gasteiger partial charge on any atom is -0.493 e. The van der Waals surface area contributed by atoms with Crippen LogP contribution in [0.3, 0.4) is 0 Å². The Kier molecular flexibility index (Phi) is 4.83. The van der Waals surface area contributed by atoms with Crippen LogP contribution in [0.25, 0.3) is 22.8 Å². The number of carbonyl (C=O) groups is 1. The molecular weight excluding hydrogens is 382 g/mol. The highest BCUT2D eigenvalue weighted by Crippen LogP contribution is 2.30. The van der Waals surface area contributed by atoms with Crippen molar-refractivity contribution in [2.75, 3.05) is 6.61 Å². The lowest BCUT2D eigenvalue weighted by Crippen LogP contribution is -2.14. The van der Waals surface area contributed by atoms with Gasteiger partial charge in [0, 0.05) is 11.1 Å². The highest BCUT2D eigenvalue weighted by Gasteiger charge is 2.21. The third-order valence-electron chi connectivity index (χ3n) is 4.41. The summed E-state index contributed by atoms with van der Waals surface area (Å²) in [6.07, 6.45) is 2.43. The Bertz CT molecular complexity index is 1090. The van der Waals surface area contributed by atoms with Gasteiger partial charge in [0.15, 0.2) is 5.82 Å². The van der Waals surface area contributed by atoms with E-state index in [1.807, 2.05) is 0 Å². The summed E-state index contributed by atoms with van der Waals surface area (Å²) in [6.45, 7) is 0.712. The first-order valence-electron chi connectivity index (χ1n) is 8.74. The Balaban J connectivity index is 1.66. The Labute approximate surface area is 165 Å². The quantitative estimate of drug-likeness (QED) is 0.657. The lowest BCUT2D eigenvalue weighted by atomic mass is 10.1. The van der Waals surface area contributed by atoms with Crippen molar-refractivity contribution in [2.24, 2.45) is 5.92 Å². The first-order valence-corrected chi connectivity index (χ1v) is 9.12. The molecule has 1 fully saturated rings. The van der Waals surface area contributed by atoms with Crippen LogP contribution in [0.15, 0.2) is 47.3 Å². The number of carboxylic acids is 1. The first kappa shape index (κ1) is 18.2. The minimum absolute atomic E-state index is 0.0394. The van der Waals surface area contributed by atoms with Gasteiger partial charge in [0.05, 0.1) is 17.2 Å². The van der Waals surface area contributed by atoms with Crippen molar-refractivity contribution in [2.45, 2.75) is 12.8 Å². The molecule has 0 aliphatic heterocycles. The second kappa shape index (κ2) is 7.44. The molecule has 0 radical (unpaired) electrons. The molecule has 2 aromatic carbocycles. The van der Waals surface area contributed by atoms with Gasteiger partial charge in [-0.15, -0.1) is 0 Å². The van der Waals surface area contributed by atoms with Crippen molar-refractivity contribution >= 4 is 17.6 Å². The number of rotatable bonds is 6. The molecule has 142 valence electrons. The summed E-state index contributed by atoms with van der Waals surface area (Å²) >= 11 is 6.18. The standard InChI is InChI=1S/C20H16ClN3O4/c21-16-8-5-13(19(25)26)9-15(16)18-22-17(23-20(27)24-18)12-3-6-14(7-4-12)28-10-11-1-2-11/h3-9,11H,1-2,10H2,(H,25,26)(H,22,23,24,27). The number of carboxylic acid groups (broad SMARTS) is 1. The molecule has 7 nitrogen and oxygen atoms in total. The van der Waals surface area contributed by atoms with Gasteiger partial charge in [0.1, 0.15) is 11.6 Å². The molecule has 1 aromatic heterocycles. The molecular formula is C20H16ClN3O4. The summed E-state index contributed by atoms with van der Waals surface area (Å²) < 4.78 is 5.71. The normalized spacial score (nSPS) is 13.3. The van der Waals surface area contributed by atoms with Gasteiger partial charge in [-0.25, -0.2) is 14.6 Å². The lowest BCUT2D eigenvalue weighted by Gasteiger charge is -2.08. The summed E-state index contributed by atoms with van der Waals surface area (Å²) in [6, 6.07) is 11.4. The van der Waals surface area contributed by atoms with Crippen molar-refractivity contribution in [1.29, 1.82) is 0 Å². The number of hydrogen-bond acceptors (Lipinski definition) is 5. The maximum Gasteiger partial charge on any atom is 0.348 e. The van der Waals surface area contributed by atoms with Crippen LogP contribution < -0.4 is 10.4 Å². The van der Waals surface area contributed by atoms with Crippen LogP contribution >= 0.6 is 11.6 Å². The Morgan fingerprint density at radius 3 is 2.61 bits per heavy atom. The monoisotopic (exact) mass is 397 g/mol. The average Bonchev–Trinajstić information content (AvgIpc) is 3.51. The van der Waals surface area contributed by atoms with Crippen molar-refractivity contribution < 1.29 is 14.6 Å². The predicted molar refractivity (Wildman–Crippen MR) is 104 cm³/mol. The number of aromatic carboxylic acids is 1. The Morgan fingerprint density at radius 2 is 1.93 bits per heavy atom. The van der Waals surface area contributed by atoms with E-state index in [0.717, 1.165) is 5.75 Å². The van der Waals surface area contributed by atoms with Crippen molar-refractivity contribution in [1.82, 2.24) is 15.0 Å². The third kappa shape index (κ3) is 4.04. The number of ether oxygens (including phenoxy) is 1. The van der Waals surface area contributed by atoms with E-state index in [1.54, 1.807) is 24.3 Å². The number of aromatic nitrogens is 3. The van der Waals surface area contributed by atoms with Crippen LogP contribution in [-0.4, -0.2) is 32.6 Å². The number of nitrogens with zero attached hydrogens (tertiary/aromatic N) is 2. The van der Waals surface area contributed by atoms with Gasteiger partial charge in [-0.2, -0.15) is 4.98 Å². The van der Waals surface area contributed by atoms with Crippen molar-refractivity contribution in [3.05, 3.63) is 63.5 Å². The molecule has 0 amide bonds. The zero-order valence-corrected chi connectivity index (χ0v) is 15.4. The van der Waals surface area contributed by atoms with Gasteiger partial charge in [-0.3, -0.25) is 4.98 Å². The van der Waals surface area contributed by atoms with Crippen LogP contribution in [0.1, 0.15) is 23.2 Å². The Morgan fingerprint density at radius 1 is 1.18 bits per heavy atom. The number of benzene rings is 2. The van der Waals surface area contributed by atoms with E-state index >= 15 is 0 Å². The van der Waals surface area contributed by atoms with E-state index < -0.39 is 11.7 Å². The largest absolute Gasteiger partial charge is 0.493 e. The minimum atomic E-state index is -1.10. The fourth-order valence-electron chi connectivity index (χ4n) is 2.68. The van der Waals surface area contributed by atoms with E-state index in [0.29, 0.717) is 23.7 Å². The number of aromatic amines is 1. The number of hydrogen-bond donors (Lipinski definition) is 2. The number of H-pyrrole nitrogens is 1. The van der Waals surface area contributed by atoms with Gasteiger partial charge in [0.2, 0.25) is 0 Å². The van der Waals surface area contributed by atoms with E-state index in [2.05, 4.69) is 15.0 Å². The summed E-state index contributed by atoms with van der Waals surface area (Å²) in [7, 11) is 0. The molecule has 1 saturated carbocycles. The van der Waals surface area contributed by atoms with Crippen LogP contribution in [0.5, 0.6) is 5.75 Å². The number of halogens is 1. The molecule has 1 heterocycles. The molecule has 28 heavy (non-hydrogen) atoms. The van der Waals surface area contributed by atoms with Gasteiger partial charge >= 0.3 is 11.7 Å². The van der Waals surface area contributed by atoms with E-state index in [1.165, 1.54) is 31.0 Å². The zero-order valence-electron chi connectivity index (χ0n) is 14.7. The molecule has 0 spiro atoms. The molecule has 1 aliphatic carbocycles. The molecule has 8 heteroatoms. The lowest BCUT2D eigenvalue weighted by molar-refractivity contribution is 0.0697. The molecule has 3 aromatic rings. The highest BCUT2D eigenvalue weighted by molar-refractivity contribution is 6.33. The molecule has 0 atom stereocenters. The average molecular weight is 398 g/mol. The Hall–Kier alpha value is -3.19. The van der Waals surface area contributed by atoms with Crippen LogP contribution in [0.2, 0.25) is 5.02 Å². The second-order valence-electron chi connectivity index (χ2n) is 6.60. The fourth-order valence-corrected chi connectivity index (χ4v) is 2.89. The van der Waals surface area contributed by atoms with Gasteiger partial charge in [-0.05, 0) is 61.2 Å². The number of nitrogens with one attached hydrogen (secondary N) is 1. The summed E-state index contributed by atoms with van der Waals surface area (Å²) in [4.78, 5) is 34.1. The first-order chi connectivity index (χ1) is 13.5. The molecule has 0 saturated heterocycles. The highest BCUT2D eigenvalue weighted by atomic mass is 35.5. The molecule has 4 rings (SSSR count). The van der Waals surface area contributed by atoms with Gasteiger partial charge < -0.3 is 9.84 Å². The summed E-state index contributed by atoms with van der Waals surface area (Å²) in [5, 5.41) is 9.45. The van der Waals surface area contributed by atoms with E-state index in [-0.39, 0.29) is 22.2 Å². The van der Waals surface area contributed by atoms with Crippen LogP contribution in [0, 0.1) is 5.92 Å². The maximum absolute atomic E-state index is 12.0. The maximum atomic E-state index is 12.0. The van der Waals surface area contributed by atoms with E-state index in [4.69, 9.17) is 16.3 Å². The molecule has 2 N–H and O–H groups in total. The van der Waals surface area contributed by atoms with E-state index in [9.17, 15) is 14.7 Å². The SMILES string of the molecule is O=C(O)c1ccc(Cl)c(-c2nc(-c3ccc(OCC4CC4)cc3)nc(=O)[nH]2)c1. The molecule has 0 unspecified atom stereocenters. The second-order valence-corrected chi connectivity index (χ2v) is 7.01. The molecule has 0 bridgehead atoms.